The van der Waals surface area contributed by atoms with Gasteiger partial charge in [0.2, 0.25) is 0 Å². The van der Waals surface area contributed by atoms with Gasteiger partial charge in [-0.1, -0.05) is 35.9 Å². The molecule has 0 aliphatic heterocycles. The van der Waals surface area contributed by atoms with E-state index in [1.54, 1.807) is 6.20 Å². The van der Waals surface area contributed by atoms with Crippen molar-refractivity contribution in [3.8, 4) is 0 Å². The highest BCUT2D eigenvalue weighted by Crippen LogP contribution is 2.15. The highest BCUT2D eigenvalue weighted by molar-refractivity contribution is 6.31. The number of ether oxygens (including phenoxy) is 1. The molecular formula is C16H19ClN2O2. The van der Waals surface area contributed by atoms with E-state index in [2.05, 4.69) is 10.3 Å². The number of nitrogens with one attached hydrogen (secondary N) is 1. The maximum atomic E-state index is 9.83. The normalized spacial score (nSPS) is 12.3. The number of aliphatic hydroxyl groups is 1. The Morgan fingerprint density at radius 1 is 1.19 bits per heavy atom. The van der Waals surface area contributed by atoms with Crippen molar-refractivity contribution in [2.45, 2.75) is 19.3 Å². The number of halogens is 1. The third-order valence-corrected chi connectivity index (χ3v) is 3.31. The molecule has 0 spiro atoms. The Labute approximate surface area is 129 Å². The molecule has 1 aromatic heterocycles. The molecule has 0 radical (unpaired) electrons. The molecule has 5 heteroatoms. The Bertz CT molecular complexity index is 537. The molecule has 2 rings (SSSR count). The van der Waals surface area contributed by atoms with Crippen LogP contribution in [0.2, 0.25) is 5.02 Å². The molecule has 1 atom stereocenters. The standard InChI is InChI=1S/C16H19ClN2O2/c17-16-7-2-1-5-13(16)11-21-12-15(20)10-18-9-14-6-3-4-8-19-14/h1-8,15,18,20H,9-12H2. The molecule has 1 heterocycles. The van der Waals surface area contributed by atoms with E-state index in [4.69, 9.17) is 16.3 Å². The van der Waals surface area contributed by atoms with Crippen molar-refractivity contribution < 1.29 is 9.84 Å². The number of hydrogen-bond acceptors (Lipinski definition) is 4. The van der Waals surface area contributed by atoms with Gasteiger partial charge in [-0.2, -0.15) is 0 Å². The van der Waals surface area contributed by atoms with Crippen molar-refractivity contribution in [1.82, 2.24) is 10.3 Å². The van der Waals surface area contributed by atoms with Gasteiger partial charge in [-0.25, -0.2) is 0 Å². The Hall–Kier alpha value is -1.46. The van der Waals surface area contributed by atoms with Crippen LogP contribution in [0.4, 0.5) is 0 Å². The van der Waals surface area contributed by atoms with Crippen LogP contribution in [0.3, 0.4) is 0 Å². The number of pyridine rings is 1. The van der Waals surface area contributed by atoms with Gasteiger partial charge in [0.25, 0.3) is 0 Å². The van der Waals surface area contributed by atoms with E-state index in [0.29, 0.717) is 24.7 Å². The molecule has 0 bridgehead atoms. The minimum absolute atomic E-state index is 0.264. The Balaban J connectivity index is 1.62. The van der Waals surface area contributed by atoms with Crippen LogP contribution in [0.1, 0.15) is 11.3 Å². The van der Waals surface area contributed by atoms with Crippen LogP contribution in [0.15, 0.2) is 48.7 Å². The first-order valence-corrected chi connectivity index (χ1v) is 7.23. The lowest BCUT2D eigenvalue weighted by molar-refractivity contribution is 0.0287. The van der Waals surface area contributed by atoms with Crippen molar-refractivity contribution in [3.05, 3.63) is 64.9 Å². The summed E-state index contributed by atoms with van der Waals surface area (Å²) in [5, 5.41) is 13.7. The first kappa shape index (κ1) is 15.9. The molecule has 0 amide bonds. The monoisotopic (exact) mass is 306 g/mol. The minimum Gasteiger partial charge on any atom is -0.389 e. The van der Waals surface area contributed by atoms with E-state index in [0.717, 1.165) is 11.3 Å². The Morgan fingerprint density at radius 3 is 2.76 bits per heavy atom. The van der Waals surface area contributed by atoms with Gasteiger partial charge in [-0.15, -0.1) is 0 Å². The fourth-order valence-electron chi connectivity index (χ4n) is 1.85. The Morgan fingerprint density at radius 2 is 2.00 bits per heavy atom. The van der Waals surface area contributed by atoms with Gasteiger partial charge in [0.1, 0.15) is 0 Å². The van der Waals surface area contributed by atoms with Gasteiger partial charge in [0.15, 0.2) is 0 Å². The van der Waals surface area contributed by atoms with Crippen LogP contribution in [-0.2, 0) is 17.9 Å². The zero-order valence-corrected chi connectivity index (χ0v) is 12.5. The van der Waals surface area contributed by atoms with E-state index in [1.807, 2.05) is 42.5 Å². The molecule has 0 saturated carbocycles. The first-order valence-electron chi connectivity index (χ1n) is 6.85. The summed E-state index contributed by atoms with van der Waals surface area (Å²) >= 11 is 6.03. The van der Waals surface area contributed by atoms with E-state index < -0.39 is 6.10 Å². The zero-order chi connectivity index (χ0) is 14.9. The van der Waals surface area contributed by atoms with Crippen LogP contribution in [0, 0.1) is 0 Å². The van der Waals surface area contributed by atoms with E-state index in [1.165, 1.54) is 0 Å². The molecule has 21 heavy (non-hydrogen) atoms. The van der Waals surface area contributed by atoms with Crippen molar-refractivity contribution in [2.24, 2.45) is 0 Å². The maximum Gasteiger partial charge on any atom is 0.0897 e. The summed E-state index contributed by atoms with van der Waals surface area (Å²) in [6.45, 7) is 1.75. The summed E-state index contributed by atoms with van der Waals surface area (Å²) < 4.78 is 5.48. The smallest absolute Gasteiger partial charge is 0.0897 e. The van der Waals surface area contributed by atoms with Gasteiger partial charge in [-0.05, 0) is 23.8 Å². The molecule has 112 valence electrons. The summed E-state index contributed by atoms with van der Waals surface area (Å²) in [7, 11) is 0. The molecule has 1 unspecified atom stereocenters. The summed E-state index contributed by atoms with van der Waals surface area (Å²) in [5.41, 5.74) is 1.87. The average molecular weight is 307 g/mol. The van der Waals surface area contributed by atoms with Crippen LogP contribution in [0.5, 0.6) is 0 Å². The fourth-order valence-corrected chi connectivity index (χ4v) is 2.04. The SMILES string of the molecule is OC(CNCc1ccccn1)COCc1ccccc1Cl. The number of aliphatic hydroxyl groups excluding tert-OH is 1. The van der Waals surface area contributed by atoms with Crippen LogP contribution in [-0.4, -0.2) is 29.3 Å². The van der Waals surface area contributed by atoms with Crippen molar-refractivity contribution in [3.63, 3.8) is 0 Å². The topological polar surface area (TPSA) is 54.4 Å². The highest BCUT2D eigenvalue weighted by atomic mass is 35.5. The predicted octanol–water partition coefficient (Wildman–Crippen LogP) is 2.40. The lowest BCUT2D eigenvalue weighted by atomic mass is 10.2. The van der Waals surface area contributed by atoms with E-state index >= 15 is 0 Å². The minimum atomic E-state index is -0.559. The molecule has 0 fully saturated rings. The lowest BCUT2D eigenvalue weighted by Crippen LogP contribution is -2.30. The van der Waals surface area contributed by atoms with Crippen LogP contribution < -0.4 is 5.32 Å². The molecule has 2 N–H and O–H groups in total. The van der Waals surface area contributed by atoms with Gasteiger partial charge < -0.3 is 15.2 Å². The first-order chi connectivity index (χ1) is 10.3. The fraction of sp³-hybridized carbons (Fsp3) is 0.312. The zero-order valence-electron chi connectivity index (χ0n) is 11.7. The summed E-state index contributed by atoms with van der Waals surface area (Å²) in [6.07, 6.45) is 1.19. The third-order valence-electron chi connectivity index (χ3n) is 2.94. The van der Waals surface area contributed by atoms with Gasteiger partial charge in [-0.3, -0.25) is 4.98 Å². The summed E-state index contributed by atoms with van der Waals surface area (Å²) in [5.74, 6) is 0. The average Bonchev–Trinajstić information content (AvgIpc) is 2.50. The van der Waals surface area contributed by atoms with E-state index in [9.17, 15) is 5.11 Å². The second-order valence-electron chi connectivity index (χ2n) is 4.71. The van der Waals surface area contributed by atoms with Gasteiger partial charge in [0, 0.05) is 24.3 Å². The molecule has 0 aliphatic rings. The molecule has 0 aliphatic carbocycles. The summed E-state index contributed by atoms with van der Waals surface area (Å²) in [6, 6.07) is 13.3. The molecule has 2 aromatic rings. The highest BCUT2D eigenvalue weighted by Gasteiger charge is 2.05. The number of aromatic nitrogens is 1. The molecule has 1 aromatic carbocycles. The number of rotatable bonds is 8. The van der Waals surface area contributed by atoms with Gasteiger partial charge in [0.05, 0.1) is 25.0 Å². The number of benzene rings is 1. The summed E-state index contributed by atoms with van der Waals surface area (Å²) in [4.78, 5) is 4.20. The molecule has 4 nitrogen and oxygen atoms in total. The van der Waals surface area contributed by atoms with Crippen LogP contribution >= 0.6 is 11.6 Å². The molecule has 0 saturated heterocycles. The van der Waals surface area contributed by atoms with Gasteiger partial charge >= 0.3 is 0 Å². The van der Waals surface area contributed by atoms with Crippen molar-refractivity contribution in [1.29, 1.82) is 0 Å². The number of hydrogen-bond donors (Lipinski definition) is 2. The van der Waals surface area contributed by atoms with Crippen LogP contribution in [0.25, 0.3) is 0 Å². The second kappa shape index (κ2) is 8.74. The third kappa shape index (κ3) is 5.81. The maximum absolute atomic E-state index is 9.83. The predicted molar refractivity (Wildman–Crippen MR) is 83.1 cm³/mol. The largest absolute Gasteiger partial charge is 0.389 e. The lowest BCUT2D eigenvalue weighted by Gasteiger charge is -2.12. The Kier molecular flexibility index (Phi) is 6.63. The number of nitrogens with zero attached hydrogens (tertiary/aromatic N) is 1. The quantitative estimate of drug-likeness (QED) is 0.786. The van der Waals surface area contributed by atoms with Crippen molar-refractivity contribution >= 4 is 11.6 Å². The second-order valence-corrected chi connectivity index (χ2v) is 5.12. The molecular weight excluding hydrogens is 288 g/mol. The van der Waals surface area contributed by atoms with E-state index in [-0.39, 0.29) is 6.61 Å². The van der Waals surface area contributed by atoms with Crippen molar-refractivity contribution in [2.75, 3.05) is 13.2 Å².